The summed E-state index contributed by atoms with van der Waals surface area (Å²) in [6.07, 6.45) is 4.67. The average Bonchev–Trinajstić information content (AvgIpc) is 2.76. The lowest BCUT2D eigenvalue weighted by Gasteiger charge is -2.01. The summed E-state index contributed by atoms with van der Waals surface area (Å²) >= 11 is 0. The summed E-state index contributed by atoms with van der Waals surface area (Å²) in [4.78, 5) is 18.2. The third kappa shape index (κ3) is 2.35. The fourth-order valence-electron chi connectivity index (χ4n) is 1.17. The van der Waals surface area contributed by atoms with Gasteiger partial charge in [-0.15, -0.1) is 0 Å². The molecule has 2 rings (SSSR count). The van der Waals surface area contributed by atoms with E-state index in [0.717, 1.165) is 5.69 Å². The summed E-state index contributed by atoms with van der Waals surface area (Å²) in [6, 6.07) is 3.03. The van der Waals surface area contributed by atoms with Gasteiger partial charge in [-0.2, -0.15) is 0 Å². The van der Waals surface area contributed by atoms with Crippen molar-refractivity contribution < 1.29 is 14.3 Å². The van der Waals surface area contributed by atoms with Crippen LogP contribution in [0, 0.1) is 0 Å². The molecule has 82 valence electrons. The summed E-state index contributed by atoms with van der Waals surface area (Å²) in [5.74, 6) is -0.600. The number of aromatic carboxylic acids is 1. The molecule has 0 aliphatic heterocycles. The number of hydrogen-bond donors (Lipinski definition) is 2. The zero-order valence-electron chi connectivity index (χ0n) is 8.25. The Morgan fingerprint density at radius 3 is 2.75 bits per heavy atom. The molecule has 0 aliphatic rings. The van der Waals surface area contributed by atoms with Crippen molar-refractivity contribution in [2.24, 2.45) is 0 Å². The molecule has 16 heavy (non-hydrogen) atoms. The molecule has 2 heterocycles. The number of nitrogens with one attached hydrogen (secondary N) is 1. The van der Waals surface area contributed by atoms with Crippen molar-refractivity contribution in [3.63, 3.8) is 0 Å². The highest BCUT2D eigenvalue weighted by atomic mass is 16.4. The smallest absolute Gasteiger partial charge is 0.371 e. The molecule has 0 aromatic carbocycles. The number of furan rings is 1. The van der Waals surface area contributed by atoms with Gasteiger partial charge in [-0.1, -0.05) is 0 Å². The van der Waals surface area contributed by atoms with E-state index in [4.69, 9.17) is 9.52 Å². The molecule has 2 N–H and O–H groups in total. The number of hydrogen-bond acceptors (Lipinski definition) is 5. The second-order valence-corrected chi connectivity index (χ2v) is 3.05. The molecule has 0 fully saturated rings. The fourth-order valence-corrected chi connectivity index (χ4v) is 1.17. The highest BCUT2D eigenvalue weighted by molar-refractivity contribution is 5.84. The van der Waals surface area contributed by atoms with E-state index in [0.29, 0.717) is 12.3 Å². The summed E-state index contributed by atoms with van der Waals surface area (Å²) < 4.78 is 5.06. The van der Waals surface area contributed by atoms with Crippen molar-refractivity contribution in [1.29, 1.82) is 0 Å². The van der Waals surface area contributed by atoms with Crippen molar-refractivity contribution in [2.45, 2.75) is 6.54 Å². The summed E-state index contributed by atoms with van der Waals surface area (Å²) in [7, 11) is 0. The van der Waals surface area contributed by atoms with Gasteiger partial charge in [0.15, 0.2) is 0 Å². The number of carbonyl (C=O) groups is 1. The van der Waals surface area contributed by atoms with E-state index < -0.39 is 5.97 Å². The molecule has 2 aromatic heterocycles. The zero-order chi connectivity index (χ0) is 11.4. The van der Waals surface area contributed by atoms with Crippen LogP contribution in [0.4, 0.5) is 5.69 Å². The lowest BCUT2D eigenvalue weighted by atomic mass is 10.4. The highest BCUT2D eigenvalue weighted by Crippen LogP contribution is 2.10. The first kappa shape index (κ1) is 10.2. The summed E-state index contributed by atoms with van der Waals surface area (Å²) in [6.45, 7) is 0.390. The second-order valence-electron chi connectivity index (χ2n) is 3.05. The van der Waals surface area contributed by atoms with Gasteiger partial charge in [-0.3, -0.25) is 0 Å². The van der Waals surface area contributed by atoms with Gasteiger partial charge in [0.05, 0.1) is 24.6 Å². The molecule has 0 saturated carbocycles. The Balaban J connectivity index is 1.97. The predicted molar refractivity (Wildman–Crippen MR) is 55.0 cm³/mol. The minimum absolute atomic E-state index is 0.0684. The Morgan fingerprint density at radius 2 is 2.12 bits per heavy atom. The predicted octanol–water partition coefficient (Wildman–Crippen LogP) is 1.38. The molecule has 0 bridgehead atoms. The lowest BCUT2D eigenvalue weighted by Crippen LogP contribution is -1.99. The van der Waals surface area contributed by atoms with Crippen molar-refractivity contribution >= 4 is 11.7 Å². The van der Waals surface area contributed by atoms with Gasteiger partial charge in [-0.05, 0) is 12.1 Å². The molecule has 0 aliphatic carbocycles. The van der Waals surface area contributed by atoms with E-state index in [1.807, 2.05) is 0 Å². The standard InChI is InChI=1S/C10H9N3O3/c14-10(15)9-2-1-8(16-9)5-13-7-3-11-6-12-4-7/h1-4,6,13H,5H2,(H,14,15). The maximum Gasteiger partial charge on any atom is 0.371 e. The monoisotopic (exact) mass is 219 g/mol. The first-order valence-corrected chi connectivity index (χ1v) is 4.56. The molecular formula is C10H9N3O3. The molecular weight excluding hydrogens is 210 g/mol. The molecule has 6 heteroatoms. The van der Waals surface area contributed by atoms with E-state index >= 15 is 0 Å². The van der Waals surface area contributed by atoms with Crippen LogP contribution in [0.5, 0.6) is 0 Å². The van der Waals surface area contributed by atoms with Gasteiger partial charge >= 0.3 is 5.97 Å². The normalized spacial score (nSPS) is 10.0. The van der Waals surface area contributed by atoms with Crippen LogP contribution in [-0.4, -0.2) is 21.0 Å². The maximum atomic E-state index is 10.6. The van der Waals surface area contributed by atoms with Crippen molar-refractivity contribution in [1.82, 2.24) is 9.97 Å². The SMILES string of the molecule is O=C(O)c1ccc(CNc2cncnc2)o1. The van der Waals surface area contributed by atoms with Crippen LogP contribution < -0.4 is 5.32 Å². The van der Waals surface area contributed by atoms with E-state index in [9.17, 15) is 4.79 Å². The third-order valence-electron chi connectivity index (χ3n) is 1.90. The van der Waals surface area contributed by atoms with Gasteiger partial charge in [0.2, 0.25) is 5.76 Å². The van der Waals surface area contributed by atoms with Crippen molar-refractivity contribution in [3.05, 3.63) is 42.4 Å². The Kier molecular flexibility index (Phi) is 2.81. The van der Waals surface area contributed by atoms with Gasteiger partial charge in [-0.25, -0.2) is 14.8 Å². The third-order valence-corrected chi connectivity index (χ3v) is 1.90. The number of anilines is 1. The zero-order valence-corrected chi connectivity index (χ0v) is 8.25. The highest BCUT2D eigenvalue weighted by Gasteiger charge is 2.08. The molecule has 0 saturated heterocycles. The molecule has 0 atom stereocenters. The molecule has 0 amide bonds. The van der Waals surface area contributed by atoms with E-state index in [-0.39, 0.29) is 5.76 Å². The topological polar surface area (TPSA) is 88.2 Å². The molecule has 2 aromatic rings. The number of carboxylic acids is 1. The Labute approximate surface area is 91.0 Å². The number of carboxylic acid groups (broad SMARTS) is 1. The largest absolute Gasteiger partial charge is 0.475 e. The average molecular weight is 219 g/mol. The quantitative estimate of drug-likeness (QED) is 0.807. The second kappa shape index (κ2) is 4.43. The minimum Gasteiger partial charge on any atom is -0.475 e. The molecule has 0 unspecified atom stereocenters. The molecule has 6 nitrogen and oxygen atoms in total. The summed E-state index contributed by atoms with van der Waals surface area (Å²) in [5, 5.41) is 11.7. The summed E-state index contributed by atoms with van der Waals surface area (Å²) in [5.41, 5.74) is 0.746. The molecule has 0 radical (unpaired) electrons. The van der Waals surface area contributed by atoms with Crippen LogP contribution in [0.3, 0.4) is 0 Å². The maximum absolute atomic E-state index is 10.6. The number of nitrogens with zero attached hydrogens (tertiary/aromatic N) is 2. The van der Waals surface area contributed by atoms with Crippen LogP contribution in [0.25, 0.3) is 0 Å². The van der Waals surface area contributed by atoms with Crippen LogP contribution in [-0.2, 0) is 6.54 Å². The van der Waals surface area contributed by atoms with Gasteiger partial charge in [0.25, 0.3) is 0 Å². The van der Waals surface area contributed by atoms with Crippen LogP contribution in [0.2, 0.25) is 0 Å². The Bertz CT molecular complexity index is 481. The molecule has 0 spiro atoms. The van der Waals surface area contributed by atoms with Crippen LogP contribution in [0.15, 0.2) is 35.3 Å². The van der Waals surface area contributed by atoms with Crippen LogP contribution >= 0.6 is 0 Å². The van der Waals surface area contributed by atoms with E-state index in [1.54, 1.807) is 18.5 Å². The number of rotatable bonds is 4. The fraction of sp³-hybridized carbons (Fsp3) is 0.100. The Hall–Kier alpha value is -2.37. The van der Waals surface area contributed by atoms with Crippen molar-refractivity contribution in [3.8, 4) is 0 Å². The number of aromatic nitrogens is 2. The first-order valence-electron chi connectivity index (χ1n) is 4.56. The van der Waals surface area contributed by atoms with Crippen LogP contribution in [0.1, 0.15) is 16.3 Å². The van der Waals surface area contributed by atoms with Gasteiger partial charge in [0, 0.05) is 0 Å². The lowest BCUT2D eigenvalue weighted by molar-refractivity contribution is 0.0660. The minimum atomic E-state index is -1.07. The Morgan fingerprint density at radius 1 is 1.38 bits per heavy atom. The van der Waals surface area contributed by atoms with E-state index in [2.05, 4.69) is 15.3 Å². The van der Waals surface area contributed by atoms with Gasteiger partial charge in [0.1, 0.15) is 12.1 Å². The van der Waals surface area contributed by atoms with Crippen molar-refractivity contribution in [2.75, 3.05) is 5.32 Å². The first-order chi connectivity index (χ1) is 7.75. The van der Waals surface area contributed by atoms with Gasteiger partial charge < -0.3 is 14.8 Å². The van der Waals surface area contributed by atoms with E-state index in [1.165, 1.54) is 12.4 Å².